The molecule has 2 atom stereocenters. The smallest absolute Gasteiger partial charge is 0.0192 e. The number of hydrogen-bond acceptors (Lipinski definition) is 2. The third kappa shape index (κ3) is 1.18. The largest absolute Gasteiger partial charge is 0.330 e. The van der Waals surface area contributed by atoms with E-state index in [9.17, 15) is 0 Å². The summed E-state index contributed by atoms with van der Waals surface area (Å²) in [7, 11) is 0. The maximum atomic E-state index is 6.13. The Morgan fingerprint density at radius 1 is 1.60 bits per heavy atom. The average molecular weight is 142 g/mol. The lowest BCUT2D eigenvalue weighted by Crippen LogP contribution is -2.45. The van der Waals surface area contributed by atoms with Gasteiger partial charge in [0.1, 0.15) is 0 Å². The van der Waals surface area contributed by atoms with Gasteiger partial charge >= 0.3 is 0 Å². The summed E-state index contributed by atoms with van der Waals surface area (Å²) < 4.78 is 0. The molecule has 1 saturated carbocycles. The molecule has 60 valence electrons. The highest BCUT2D eigenvalue weighted by Gasteiger charge is 2.36. The van der Waals surface area contributed by atoms with Crippen molar-refractivity contribution in [3.05, 3.63) is 0 Å². The molecular weight excluding hydrogens is 124 g/mol. The zero-order valence-electron chi connectivity index (χ0n) is 6.77. The van der Waals surface area contributed by atoms with Crippen molar-refractivity contribution >= 4 is 0 Å². The van der Waals surface area contributed by atoms with Crippen molar-refractivity contribution in [3.63, 3.8) is 0 Å². The third-order valence-corrected chi connectivity index (χ3v) is 2.95. The van der Waals surface area contributed by atoms with Crippen LogP contribution in [0.15, 0.2) is 0 Å². The highest BCUT2D eigenvalue weighted by Crippen LogP contribution is 2.34. The van der Waals surface area contributed by atoms with E-state index in [2.05, 4.69) is 6.92 Å². The monoisotopic (exact) mass is 142 g/mol. The van der Waals surface area contributed by atoms with Crippen molar-refractivity contribution in [1.82, 2.24) is 0 Å². The fraction of sp³-hybridized carbons (Fsp3) is 1.00. The SMILES string of the molecule is CCC1(N)CCCC1CN. The van der Waals surface area contributed by atoms with E-state index >= 15 is 0 Å². The molecule has 0 heterocycles. The highest BCUT2D eigenvalue weighted by molar-refractivity contribution is 4.95. The first-order valence-electron chi connectivity index (χ1n) is 4.22. The van der Waals surface area contributed by atoms with Crippen LogP contribution in [-0.4, -0.2) is 12.1 Å². The van der Waals surface area contributed by atoms with Gasteiger partial charge in [-0.05, 0) is 31.7 Å². The van der Waals surface area contributed by atoms with E-state index in [-0.39, 0.29) is 5.54 Å². The first-order valence-corrected chi connectivity index (χ1v) is 4.22. The Morgan fingerprint density at radius 2 is 2.30 bits per heavy atom. The molecule has 0 aliphatic heterocycles. The first kappa shape index (κ1) is 8.02. The van der Waals surface area contributed by atoms with Crippen LogP contribution in [0.2, 0.25) is 0 Å². The van der Waals surface area contributed by atoms with Crippen LogP contribution in [0.3, 0.4) is 0 Å². The molecule has 1 aliphatic rings. The summed E-state index contributed by atoms with van der Waals surface area (Å²) in [6.45, 7) is 2.93. The molecule has 2 nitrogen and oxygen atoms in total. The molecule has 2 unspecified atom stereocenters. The Morgan fingerprint density at radius 3 is 2.70 bits per heavy atom. The van der Waals surface area contributed by atoms with Crippen molar-refractivity contribution < 1.29 is 0 Å². The summed E-state index contributed by atoms with van der Waals surface area (Å²) in [5, 5.41) is 0. The highest BCUT2D eigenvalue weighted by atomic mass is 14.8. The molecule has 10 heavy (non-hydrogen) atoms. The van der Waals surface area contributed by atoms with Gasteiger partial charge in [0.2, 0.25) is 0 Å². The maximum Gasteiger partial charge on any atom is 0.0192 e. The Hall–Kier alpha value is -0.0800. The van der Waals surface area contributed by atoms with Gasteiger partial charge in [0.05, 0.1) is 0 Å². The standard InChI is InChI=1S/C8H18N2/c1-2-8(10)5-3-4-7(8)6-9/h7H,2-6,9-10H2,1H3. The molecule has 0 bridgehead atoms. The average Bonchev–Trinajstić information content (AvgIpc) is 2.32. The molecule has 0 amide bonds. The second-order valence-electron chi connectivity index (χ2n) is 3.41. The van der Waals surface area contributed by atoms with Gasteiger partial charge in [-0.2, -0.15) is 0 Å². The topological polar surface area (TPSA) is 52.0 Å². The van der Waals surface area contributed by atoms with E-state index in [1.807, 2.05) is 0 Å². The van der Waals surface area contributed by atoms with E-state index < -0.39 is 0 Å². The molecule has 1 fully saturated rings. The molecule has 0 spiro atoms. The van der Waals surface area contributed by atoms with Crippen molar-refractivity contribution in [2.24, 2.45) is 17.4 Å². The van der Waals surface area contributed by atoms with E-state index in [0.29, 0.717) is 5.92 Å². The number of hydrogen-bond donors (Lipinski definition) is 2. The van der Waals surface area contributed by atoms with Crippen LogP contribution in [-0.2, 0) is 0 Å². The van der Waals surface area contributed by atoms with Crippen LogP contribution in [0.5, 0.6) is 0 Å². The maximum absolute atomic E-state index is 6.13. The van der Waals surface area contributed by atoms with Gasteiger partial charge in [-0.3, -0.25) is 0 Å². The van der Waals surface area contributed by atoms with Crippen LogP contribution in [0.25, 0.3) is 0 Å². The van der Waals surface area contributed by atoms with Crippen molar-refractivity contribution in [2.75, 3.05) is 6.54 Å². The van der Waals surface area contributed by atoms with Crippen LogP contribution in [0.1, 0.15) is 32.6 Å². The summed E-state index contributed by atoms with van der Waals surface area (Å²) in [5.41, 5.74) is 11.8. The third-order valence-electron chi connectivity index (χ3n) is 2.95. The molecule has 0 aromatic heterocycles. The molecule has 1 aliphatic carbocycles. The van der Waals surface area contributed by atoms with Crippen molar-refractivity contribution in [3.8, 4) is 0 Å². The number of nitrogens with two attached hydrogens (primary N) is 2. The van der Waals surface area contributed by atoms with Crippen LogP contribution >= 0.6 is 0 Å². The van der Waals surface area contributed by atoms with Gasteiger partial charge in [-0.1, -0.05) is 13.3 Å². The minimum atomic E-state index is 0.0781. The Bertz CT molecular complexity index is 114. The van der Waals surface area contributed by atoms with Gasteiger partial charge in [0.25, 0.3) is 0 Å². The van der Waals surface area contributed by atoms with Crippen molar-refractivity contribution in [1.29, 1.82) is 0 Å². The molecule has 0 aromatic carbocycles. The molecular formula is C8H18N2. The van der Waals surface area contributed by atoms with E-state index in [0.717, 1.165) is 13.0 Å². The van der Waals surface area contributed by atoms with Gasteiger partial charge in [-0.25, -0.2) is 0 Å². The summed E-state index contributed by atoms with van der Waals surface area (Å²) in [4.78, 5) is 0. The van der Waals surface area contributed by atoms with Gasteiger partial charge in [-0.15, -0.1) is 0 Å². The Kier molecular flexibility index (Phi) is 2.32. The predicted octanol–water partition coefficient (Wildman–Crippen LogP) is 0.853. The van der Waals surface area contributed by atoms with E-state index in [1.165, 1.54) is 19.3 Å². The summed E-state index contributed by atoms with van der Waals surface area (Å²) >= 11 is 0. The molecule has 1 rings (SSSR count). The van der Waals surface area contributed by atoms with Gasteiger partial charge in [0, 0.05) is 5.54 Å². The lowest BCUT2D eigenvalue weighted by molar-refractivity contribution is 0.313. The summed E-state index contributed by atoms with van der Waals surface area (Å²) in [5.74, 6) is 0.581. The number of rotatable bonds is 2. The quantitative estimate of drug-likeness (QED) is 0.600. The summed E-state index contributed by atoms with van der Waals surface area (Å²) in [6.07, 6.45) is 4.76. The minimum Gasteiger partial charge on any atom is -0.330 e. The molecule has 0 saturated heterocycles. The normalized spacial score (nSPS) is 40.5. The fourth-order valence-electron chi connectivity index (χ4n) is 1.99. The van der Waals surface area contributed by atoms with Crippen molar-refractivity contribution in [2.45, 2.75) is 38.1 Å². The lowest BCUT2D eigenvalue weighted by Gasteiger charge is -2.29. The first-order chi connectivity index (χ1) is 4.73. The van der Waals surface area contributed by atoms with Crippen LogP contribution in [0.4, 0.5) is 0 Å². The van der Waals surface area contributed by atoms with Gasteiger partial charge < -0.3 is 11.5 Å². The van der Waals surface area contributed by atoms with Crippen LogP contribution < -0.4 is 11.5 Å². The zero-order chi connectivity index (χ0) is 7.61. The van der Waals surface area contributed by atoms with E-state index in [1.54, 1.807) is 0 Å². The second-order valence-corrected chi connectivity index (χ2v) is 3.41. The Labute approximate surface area is 63.0 Å². The zero-order valence-corrected chi connectivity index (χ0v) is 6.77. The summed E-state index contributed by atoms with van der Waals surface area (Å²) in [6, 6.07) is 0. The predicted molar refractivity (Wildman–Crippen MR) is 43.6 cm³/mol. The molecule has 0 aromatic rings. The fourth-order valence-corrected chi connectivity index (χ4v) is 1.99. The van der Waals surface area contributed by atoms with Gasteiger partial charge in [0.15, 0.2) is 0 Å². The van der Waals surface area contributed by atoms with Crippen LogP contribution in [0, 0.1) is 5.92 Å². The Balaban J connectivity index is 2.56. The van der Waals surface area contributed by atoms with E-state index in [4.69, 9.17) is 11.5 Å². The minimum absolute atomic E-state index is 0.0781. The molecule has 0 radical (unpaired) electrons. The molecule has 4 N–H and O–H groups in total. The second kappa shape index (κ2) is 2.89. The lowest BCUT2D eigenvalue weighted by atomic mass is 9.86. The molecule has 2 heteroatoms.